The number of ether oxygens (including phenoxy) is 2. The Morgan fingerprint density at radius 2 is 0.818 bits per heavy atom. The molecule has 0 N–H and O–H groups in total. The smallest absolute Gasteiger partial charge is 0.0609 e. The van der Waals surface area contributed by atoms with E-state index in [0.29, 0.717) is 0 Å². The minimum atomic E-state index is -1.62. The van der Waals surface area contributed by atoms with E-state index in [9.17, 15) is 0 Å². The summed E-state index contributed by atoms with van der Waals surface area (Å²) in [5, 5.41) is 0. The average molecular weight is 781 g/mol. The highest BCUT2D eigenvalue weighted by molar-refractivity contribution is 6.83. The van der Waals surface area contributed by atoms with Gasteiger partial charge in [-0.3, -0.25) is 0 Å². The van der Waals surface area contributed by atoms with Gasteiger partial charge in [0.1, 0.15) is 0 Å². The third-order valence-electron chi connectivity index (χ3n) is 18.1. The first-order valence-electron chi connectivity index (χ1n) is 25.5. The Morgan fingerprint density at radius 1 is 0.455 bits per heavy atom. The van der Waals surface area contributed by atoms with E-state index in [1.54, 1.807) is 76.3 Å². The van der Waals surface area contributed by atoms with E-state index >= 15 is 0 Å². The van der Waals surface area contributed by atoms with Crippen molar-refractivity contribution in [2.24, 2.45) is 71.0 Å². The molecule has 6 aliphatic rings. The van der Waals surface area contributed by atoms with Crippen molar-refractivity contribution in [2.45, 2.75) is 245 Å². The molecule has 0 bridgehead atoms. The molecule has 10 atom stereocenters. The molecular weight excluding hydrogens is 685 g/mol. The normalized spacial score (nSPS) is 40.3. The maximum absolute atomic E-state index is 6.32. The van der Waals surface area contributed by atoms with E-state index in [2.05, 4.69) is 69.2 Å². The summed E-state index contributed by atoms with van der Waals surface area (Å²) < 4.78 is 12.6. The highest BCUT2D eigenvalue weighted by Crippen LogP contribution is 2.69. The minimum absolute atomic E-state index is 0.00352. The Labute approximate surface area is 345 Å². The van der Waals surface area contributed by atoms with Crippen molar-refractivity contribution in [3.05, 3.63) is 0 Å². The zero-order chi connectivity index (χ0) is 39.4. The molecule has 0 aromatic carbocycles. The van der Waals surface area contributed by atoms with Crippen LogP contribution in [-0.4, -0.2) is 32.5 Å². The van der Waals surface area contributed by atoms with Crippen LogP contribution in [0.2, 0.25) is 23.2 Å². The molecule has 0 heterocycles. The lowest BCUT2D eigenvalue weighted by Crippen LogP contribution is -2.52. The Balaban J connectivity index is 1.22. The lowest BCUT2D eigenvalue weighted by Gasteiger charge is -2.53. The van der Waals surface area contributed by atoms with Crippen LogP contribution in [0.25, 0.3) is 0 Å². The van der Waals surface area contributed by atoms with Crippen molar-refractivity contribution in [3.63, 3.8) is 0 Å². The van der Waals surface area contributed by atoms with Crippen molar-refractivity contribution in [1.29, 1.82) is 0 Å². The molecule has 320 valence electrons. The lowest BCUT2D eigenvalue weighted by molar-refractivity contribution is -0.0343. The standard InChI is InChI=1S/C52H96O2Si/c1-11-13-15-31-55(32-16-14-12-2,49-37(3)33-47-43(19-17-21-45(47)49)41-27-23-39(24-28-41)35-53-51(5,6)7)50-38(4)34-48-44(20-18-22-46(48)50)42-29-25-40(26-30-42)36-54-52(8,9)10/h37-50H,11-36H2,1-10H3. The second-order valence-corrected chi connectivity index (χ2v) is 28.7. The number of fused-ring (bicyclic) bond motifs is 2. The first kappa shape index (κ1) is 44.7. The summed E-state index contributed by atoms with van der Waals surface area (Å²) in [4.78, 5) is 0. The van der Waals surface area contributed by atoms with Gasteiger partial charge in [-0.1, -0.05) is 104 Å². The molecule has 0 saturated heterocycles. The van der Waals surface area contributed by atoms with E-state index in [1.807, 2.05) is 0 Å². The van der Waals surface area contributed by atoms with Gasteiger partial charge in [0, 0.05) is 0 Å². The molecule has 10 unspecified atom stereocenters. The van der Waals surface area contributed by atoms with Crippen molar-refractivity contribution in [3.8, 4) is 0 Å². The fraction of sp³-hybridized carbons (Fsp3) is 1.00. The molecule has 55 heavy (non-hydrogen) atoms. The first-order valence-corrected chi connectivity index (χ1v) is 28.1. The molecule has 3 heteroatoms. The van der Waals surface area contributed by atoms with Crippen molar-refractivity contribution >= 4 is 8.07 Å². The summed E-state index contributed by atoms with van der Waals surface area (Å²) in [6, 6.07) is 3.40. The van der Waals surface area contributed by atoms with E-state index in [4.69, 9.17) is 9.47 Å². The van der Waals surface area contributed by atoms with Gasteiger partial charge in [0.2, 0.25) is 0 Å². The predicted molar refractivity (Wildman–Crippen MR) is 240 cm³/mol. The zero-order valence-electron chi connectivity index (χ0n) is 38.8. The maximum atomic E-state index is 6.32. The first-order chi connectivity index (χ1) is 26.2. The molecule has 0 aromatic rings. The molecule has 0 amide bonds. The van der Waals surface area contributed by atoms with Gasteiger partial charge in [-0.15, -0.1) is 0 Å². The highest BCUT2D eigenvalue weighted by atomic mass is 28.3. The number of hydrogen-bond acceptors (Lipinski definition) is 2. The minimum Gasteiger partial charge on any atom is -0.376 e. The molecule has 6 rings (SSSR count). The summed E-state index contributed by atoms with van der Waals surface area (Å²) in [6.07, 6.45) is 33.2. The van der Waals surface area contributed by atoms with Crippen LogP contribution in [0.3, 0.4) is 0 Å². The van der Waals surface area contributed by atoms with E-state index in [0.717, 1.165) is 95.3 Å². The fourth-order valence-electron chi connectivity index (χ4n) is 16.1. The van der Waals surface area contributed by atoms with Crippen LogP contribution in [-0.2, 0) is 9.47 Å². The Hall–Kier alpha value is 0.137. The number of rotatable bonds is 16. The molecule has 6 aliphatic carbocycles. The van der Waals surface area contributed by atoms with E-state index < -0.39 is 8.07 Å². The van der Waals surface area contributed by atoms with Gasteiger partial charge >= 0.3 is 0 Å². The van der Waals surface area contributed by atoms with Crippen LogP contribution in [0, 0.1) is 71.0 Å². The summed E-state index contributed by atoms with van der Waals surface area (Å²) >= 11 is 0. The van der Waals surface area contributed by atoms with Gasteiger partial charge in [0.25, 0.3) is 0 Å². The molecule has 0 spiro atoms. The van der Waals surface area contributed by atoms with Crippen LogP contribution < -0.4 is 0 Å². The molecule has 0 aliphatic heterocycles. The lowest BCUT2D eigenvalue weighted by atomic mass is 9.64. The summed E-state index contributed by atoms with van der Waals surface area (Å²) in [7, 11) is -1.62. The highest BCUT2D eigenvalue weighted by Gasteiger charge is 2.63. The quantitative estimate of drug-likeness (QED) is 0.115. The SMILES string of the molecule is CCCCC[Si](CCCCC)(C1C(C)CC2C(C3CCC(COC(C)(C)C)CC3)CCCC21)C1C(C)CC2C(C3CCC(COC(C)(C)C)CC3)CCCC21. The molecule has 0 aromatic heterocycles. The molecule has 0 radical (unpaired) electrons. The van der Waals surface area contributed by atoms with Gasteiger partial charge in [-0.25, -0.2) is 0 Å². The Bertz CT molecular complexity index is 1030. The molecule has 6 fully saturated rings. The molecular formula is C52H96O2Si. The van der Waals surface area contributed by atoms with Crippen molar-refractivity contribution in [2.75, 3.05) is 13.2 Å². The van der Waals surface area contributed by atoms with Gasteiger partial charge in [0.05, 0.1) is 32.5 Å². The van der Waals surface area contributed by atoms with Gasteiger partial charge in [-0.05, 0) is 201 Å². The van der Waals surface area contributed by atoms with Gasteiger partial charge < -0.3 is 9.47 Å². The van der Waals surface area contributed by atoms with E-state index in [-0.39, 0.29) is 11.2 Å². The predicted octanol–water partition coefficient (Wildman–Crippen LogP) is 15.9. The largest absolute Gasteiger partial charge is 0.376 e. The van der Waals surface area contributed by atoms with Crippen LogP contribution in [0.1, 0.15) is 210 Å². The Morgan fingerprint density at radius 3 is 1.16 bits per heavy atom. The van der Waals surface area contributed by atoms with Gasteiger partial charge in [0.15, 0.2) is 0 Å². The summed E-state index contributed by atoms with van der Waals surface area (Å²) in [6.45, 7) is 26.1. The number of hydrogen-bond donors (Lipinski definition) is 0. The topological polar surface area (TPSA) is 18.5 Å². The fourth-order valence-corrected chi connectivity index (χ4v) is 25.1. The molecule has 2 nitrogen and oxygen atoms in total. The monoisotopic (exact) mass is 781 g/mol. The summed E-state index contributed by atoms with van der Waals surface area (Å²) in [5.74, 6) is 11.9. The molecule has 6 saturated carbocycles. The van der Waals surface area contributed by atoms with Crippen LogP contribution in [0.4, 0.5) is 0 Å². The van der Waals surface area contributed by atoms with Crippen LogP contribution >= 0.6 is 0 Å². The average Bonchev–Trinajstić information content (AvgIpc) is 3.68. The second-order valence-electron chi connectivity index (χ2n) is 23.9. The second kappa shape index (κ2) is 19.7. The van der Waals surface area contributed by atoms with Crippen LogP contribution in [0.15, 0.2) is 0 Å². The zero-order valence-corrected chi connectivity index (χ0v) is 39.8. The third-order valence-corrected chi connectivity index (χ3v) is 25.3. The number of unbranched alkanes of at least 4 members (excludes halogenated alkanes) is 4. The van der Waals surface area contributed by atoms with Crippen LogP contribution in [0.5, 0.6) is 0 Å². The van der Waals surface area contributed by atoms with Gasteiger partial charge in [-0.2, -0.15) is 0 Å². The third kappa shape index (κ3) is 10.9. The van der Waals surface area contributed by atoms with Crippen molar-refractivity contribution < 1.29 is 9.47 Å². The Kier molecular flexibility index (Phi) is 16.0. The maximum Gasteiger partial charge on any atom is 0.0609 e. The summed E-state index contributed by atoms with van der Waals surface area (Å²) in [5.41, 5.74) is 2.25. The van der Waals surface area contributed by atoms with E-state index in [1.165, 1.54) is 77.0 Å². The van der Waals surface area contributed by atoms with Crippen molar-refractivity contribution in [1.82, 2.24) is 0 Å².